The number of esters is 1. The maximum absolute atomic E-state index is 14.1. The Bertz CT molecular complexity index is 1100. The Morgan fingerprint density at radius 1 is 1.21 bits per heavy atom. The molecule has 10 nitrogen and oxygen atoms in total. The number of amides is 3. The number of hydrogen-bond donors (Lipinski definition) is 2. The lowest BCUT2D eigenvalue weighted by Crippen LogP contribution is -2.62. The van der Waals surface area contributed by atoms with Crippen molar-refractivity contribution in [3.05, 3.63) is 29.3 Å². The number of cyclic esters (lactones) is 1. The smallest absolute Gasteiger partial charge is 0.310 e. The van der Waals surface area contributed by atoms with Crippen LogP contribution >= 0.6 is 0 Å². The third kappa shape index (κ3) is 5.36. The number of fused-ring (bicyclic) bond motifs is 2. The number of ether oxygens (including phenoxy) is 3. The van der Waals surface area contributed by atoms with Gasteiger partial charge in [-0.1, -0.05) is 26.8 Å². The minimum absolute atomic E-state index is 0.0180. The largest absolute Gasteiger partial charge is 0.496 e. The fraction of sp³-hybridized carbons (Fsp3) is 0.643. The van der Waals surface area contributed by atoms with Crippen LogP contribution in [0.15, 0.2) is 18.2 Å². The first-order valence-electron chi connectivity index (χ1n) is 13.3. The molecule has 1 aromatic carbocycles. The van der Waals surface area contributed by atoms with Gasteiger partial charge in [0.2, 0.25) is 18.1 Å². The van der Waals surface area contributed by atoms with Gasteiger partial charge in [0.25, 0.3) is 5.91 Å². The highest BCUT2D eigenvalue weighted by molar-refractivity contribution is 6.00. The lowest BCUT2D eigenvalue weighted by atomic mass is 9.84. The second kappa shape index (κ2) is 10.9. The van der Waals surface area contributed by atoms with E-state index in [0.29, 0.717) is 23.5 Å². The number of nitrogens with one attached hydrogen (secondary N) is 2. The number of piperidine rings is 1. The molecule has 0 radical (unpaired) electrons. The van der Waals surface area contributed by atoms with E-state index < -0.39 is 35.8 Å². The molecule has 1 aliphatic carbocycles. The van der Waals surface area contributed by atoms with Crippen molar-refractivity contribution < 1.29 is 33.4 Å². The van der Waals surface area contributed by atoms with Crippen LogP contribution in [-0.4, -0.2) is 72.8 Å². The number of carbonyl (C=O) groups excluding carboxylic acids is 4. The molecule has 0 aromatic heterocycles. The van der Waals surface area contributed by atoms with Gasteiger partial charge in [0.15, 0.2) is 0 Å². The van der Waals surface area contributed by atoms with E-state index in [9.17, 15) is 19.2 Å². The molecule has 2 aliphatic heterocycles. The minimum atomic E-state index is -0.859. The van der Waals surface area contributed by atoms with Crippen LogP contribution in [0.25, 0.3) is 0 Å². The predicted molar refractivity (Wildman–Crippen MR) is 138 cm³/mol. The Hall–Kier alpha value is -3.14. The van der Waals surface area contributed by atoms with Gasteiger partial charge in [-0.3, -0.25) is 19.2 Å². The summed E-state index contributed by atoms with van der Waals surface area (Å²) < 4.78 is 16.0. The second-order valence-electron chi connectivity index (χ2n) is 11.5. The van der Waals surface area contributed by atoms with Crippen molar-refractivity contribution >= 4 is 23.7 Å². The van der Waals surface area contributed by atoms with Crippen molar-refractivity contribution in [2.75, 3.05) is 13.7 Å². The van der Waals surface area contributed by atoms with E-state index >= 15 is 0 Å². The van der Waals surface area contributed by atoms with Crippen molar-refractivity contribution in [1.82, 2.24) is 15.5 Å². The van der Waals surface area contributed by atoms with E-state index in [1.165, 1.54) is 0 Å². The zero-order valence-corrected chi connectivity index (χ0v) is 23.0. The highest BCUT2D eigenvalue weighted by atomic mass is 16.7. The van der Waals surface area contributed by atoms with Crippen LogP contribution in [0.4, 0.5) is 0 Å². The maximum atomic E-state index is 14.1. The molecule has 2 bridgehead atoms. The van der Waals surface area contributed by atoms with Gasteiger partial charge in [0, 0.05) is 23.8 Å². The highest BCUT2D eigenvalue weighted by Gasteiger charge is 2.54. The van der Waals surface area contributed by atoms with Gasteiger partial charge in [-0.25, -0.2) is 0 Å². The van der Waals surface area contributed by atoms with E-state index in [1.807, 2.05) is 20.8 Å². The van der Waals surface area contributed by atoms with Crippen LogP contribution in [0.2, 0.25) is 0 Å². The summed E-state index contributed by atoms with van der Waals surface area (Å²) in [5.74, 6) is -0.798. The van der Waals surface area contributed by atoms with E-state index in [2.05, 4.69) is 10.6 Å². The Balaban J connectivity index is 1.56. The molecule has 3 fully saturated rings. The fourth-order valence-corrected chi connectivity index (χ4v) is 5.97. The molecule has 2 saturated heterocycles. The Morgan fingerprint density at radius 3 is 2.61 bits per heavy atom. The van der Waals surface area contributed by atoms with Crippen LogP contribution < -0.4 is 15.4 Å². The fourth-order valence-electron chi connectivity index (χ4n) is 5.97. The zero-order chi connectivity index (χ0) is 27.8. The van der Waals surface area contributed by atoms with Crippen LogP contribution in [-0.2, 0) is 23.9 Å². The van der Waals surface area contributed by atoms with E-state index in [1.54, 1.807) is 44.1 Å². The van der Waals surface area contributed by atoms with Gasteiger partial charge in [-0.2, -0.15) is 0 Å². The van der Waals surface area contributed by atoms with Crippen molar-refractivity contribution in [3.63, 3.8) is 0 Å². The van der Waals surface area contributed by atoms with E-state index in [4.69, 9.17) is 14.2 Å². The molecule has 38 heavy (non-hydrogen) atoms. The van der Waals surface area contributed by atoms with Crippen molar-refractivity contribution in [3.8, 4) is 5.75 Å². The van der Waals surface area contributed by atoms with Gasteiger partial charge in [-0.15, -0.1) is 0 Å². The average molecular weight is 530 g/mol. The number of nitrogens with zero attached hydrogens (tertiary/aromatic N) is 1. The molecule has 4 rings (SSSR count). The summed E-state index contributed by atoms with van der Waals surface area (Å²) in [5, 5.41) is 5.88. The summed E-state index contributed by atoms with van der Waals surface area (Å²) in [7, 11) is 1.54. The number of hydrogen-bond acceptors (Lipinski definition) is 7. The Morgan fingerprint density at radius 2 is 1.95 bits per heavy atom. The highest BCUT2D eigenvalue weighted by Crippen LogP contribution is 2.44. The molecule has 10 heteroatoms. The standard InChI is InChI=1S/C28H39N3O7/c1-7-37-27-19(14-21(32)38-27)29-25(34)22-16-11-12-17(13-16)31(22)26(35)23(28(3,4)5)30-24(33)18-9-8-10-20(36-6)15(18)2/h8-10,16-17,19,22-23,27H,7,11-14H2,1-6H3,(H,29,34)(H,30,33)/t16-,17+,19-,22-,23+,27+/m0/s1. The lowest BCUT2D eigenvalue weighted by molar-refractivity contribution is -0.165. The van der Waals surface area contributed by atoms with Crippen LogP contribution in [0, 0.1) is 18.3 Å². The first-order chi connectivity index (χ1) is 18.0. The Kier molecular flexibility index (Phi) is 8.01. The predicted octanol–water partition coefficient (Wildman–Crippen LogP) is 2.32. The van der Waals surface area contributed by atoms with Crippen molar-refractivity contribution in [1.29, 1.82) is 0 Å². The summed E-state index contributed by atoms with van der Waals surface area (Å²) >= 11 is 0. The summed E-state index contributed by atoms with van der Waals surface area (Å²) in [6, 6.07) is 2.99. The molecule has 0 unspecified atom stereocenters. The van der Waals surface area contributed by atoms with Crippen molar-refractivity contribution in [2.45, 2.75) is 90.8 Å². The first kappa shape index (κ1) is 27.9. The Labute approximate surface area is 223 Å². The number of likely N-dealkylation sites (tertiary alicyclic amines) is 1. The van der Waals surface area contributed by atoms with Crippen LogP contribution in [0.1, 0.15) is 69.3 Å². The molecule has 1 aromatic rings. The molecule has 3 aliphatic rings. The van der Waals surface area contributed by atoms with Crippen LogP contribution in [0.5, 0.6) is 5.75 Å². The maximum Gasteiger partial charge on any atom is 0.310 e. The summed E-state index contributed by atoms with van der Waals surface area (Å²) in [4.78, 5) is 54.6. The van der Waals surface area contributed by atoms with Gasteiger partial charge in [-0.05, 0) is 56.6 Å². The molecule has 6 atom stereocenters. The molecule has 2 N–H and O–H groups in total. The number of carbonyl (C=O) groups is 4. The monoisotopic (exact) mass is 529 g/mol. The third-order valence-electron chi connectivity index (χ3n) is 7.87. The minimum Gasteiger partial charge on any atom is -0.496 e. The third-order valence-corrected chi connectivity index (χ3v) is 7.87. The zero-order valence-electron chi connectivity index (χ0n) is 23.0. The number of benzene rings is 1. The quantitative estimate of drug-likeness (QED) is 0.496. The summed E-state index contributed by atoms with van der Waals surface area (Å²) in [6.45, 7) is 9.61. The SMILES string of the molecule is CCO[C@@H]1OC(=O)C[C@@H]1NC(=O)[C@@H]1[C@H]2CC[C@H](C2)N1C(=O)[C@@H](NC(=O)c1cccc(OC)c1C)C(C)(C)C. The van der Waals surface area contributed by atoms with Gasteiger partial charge in [0.05, 0.1) is 13.5 Å². The molecule has 2 heterocycles. The van der Waals surface area contributed by atoms with E-state index in [-0.39, 0.29) is 36.1 Å². The normalized spacial score (nSPS) is 27.2. The molecule has 1 saturated carbocycles. The first-order valence-corrected chi connectivity index (χ1v) is 13.3. The summed E-state index contributed by atoms with van der Waals surface area (Å²) in [5.41, 5.74) is 0.493. The lowest BCUT2D eigenvalue weighted by Gasteiger charge is -2.40. The van der Waals surface area contributed by atoms with Crippen LogP contribution in [0.3, 0.4) is 0 Å². The summed E-state index contributed by atoms with van der Waals surface area (Å²) in [6.07, 6.45) is 1.57. The van der Waals surface area contributed by atoms with Gasteiger partial charge in [0.1, 0.15) is 23.9 Å². The molecule has 0 spiro atoms. The molecular formula is C28H39N3O7. The number of methoxy groups -OCH3 is 1. The number of rotatable bonds is 8. The van der Waals surface area contributed by atoms with E-state index in [0.717, 1.165) is 19.3 Å². The molecule has 208 valence electrons. The molecular weight excluding hydrogens is 490 g/mol. The average Bonchev–Trinajstić information content (AvgIpc) is 3.56. The topological polar surface area (TPSA) is 123 Å². The molecule has 3 amide bonds. The van der Waals surface area contributed by atoms with Crippen molar-refractivity contribution in [2.24, 2.45) is 11.3 Å². The second-order valence-corrected chi connectivity index (χ2v) is 11.5. The van der Waals surface area contributed by atoms with Gasteiger partial charge < -0.3 is 29.7 Å². The van der Waals surface area contributed by atoms with Gasteiger partial charge >= 0.3 is 5.97 Å².